The van der Waals surface area contributed by atoms with E-state index >= 15 is 0 Å². The molecule has 138 valence electrons. The molecular weight excluding hydrogens is 320 g/mol. The zero-order valence-electron chi connectivity index (χ0n) is 15.9. The van der Waals surface area contributed by atoms with Gasteiger partial charge in [0, 0.05) is 31.9 Å². The lowest BCUT2D eigenvalue weighted by molar-refractivity contribution is 0.0457. The molecule has 0 N–H and O–H groups in total. The van der Waals surface area contributed by atoms with Crippen molar-refractivity contribution in [2.75, 3.05) is 38.1 Å². The number of benzene rings is 2. The smallest absolute Gasteiger partial charge is 0.0720 e. The highest BCUT2D eigenvalue weighted by atomic mass is 16.5. The first-order valence-electron chi connectivity index (χ1n) is 10.0. The summed E-state index contributed by atoms with van der Waals surface area (Å²) in [5.74, 6) is 0. The SMILES string of the molecule is CN1CCN(c2cccc(-c3ccc(COC4CCCC4)cc3)c2)CC1. The fraction of sp³-hybridized carbons (Fsp3) is 0.478. The van der Waals surface area contributed by atoms with Crippen LogP contribution in [0.1, 0.15) is 31.2 Å². The number of piperazine rings is 1. The molecule has 0 spiro atoms. The van der Waals surface area contributed by atoms with Crippen LogP contribution in [0.3, 0.4) is 0 Å². The van der Waals surface area contributed by atoms with E-state index in [0.717, 1.165) is 32.8 Å². The van der Waals surface area contributed by atoms with Crippen LogP contribution in [0.15, 0.2) is 48.5 Å². The van der Waals surface area contributed by atoms with E-state index in [2.05, 4.69) is 65.4 Å². The van der Waals surface area contributed by atoms with E-state index in [-0.39, 0.29) is 0 Å². The Balaban J connectivity index is 1.41. The van der Waals surface area contributed by atoms with Crippen molar-refractivity contribution in [2.45, 2.75) is 38.4 Å². The lowest BCUT2D eigenvalue weighted by Gasteiger charge is -2.34. The summed E-state index contributed by atoms with van der Waals surface area (Å²) in [4.78, 5) is 4.89. The number of anilines is 1. The lowest BCUT2D eigenvalue weighted by atomic mass is 10.0. The van der Waals surface area contributed by atoms with Gasteiger partial charge in [-0.25, -0.2) is 0 Å². The van der Waals surface area contributed by atoms with Crippen LogP contribution in [0.2, 0.25) is 0 Å². The quantitative estimate of drug-likeness (QED) is 0.786. The molecule has 2 aromatic rings. The van der Waals surface area contributed by atoms with Crippen molar-refractivity contribution in [3.8, 4) is 11.1 Å². The summed E-state index contributed by atoms with van der Waals surface area (Å²) in [5.41, 5.74) is 5.19. The van der Waals surface area contributed by atoms with Crippen LogP contribution >= 0.6 is 0 Å². The molecule has 1 heterocycles. The van der Waals surface area contributed by atoms with Gasteiger partial charge in [-0.15, -0.1) is 0 Å². The summed E-state index contributed by atoms with van der Waals surface area (Å²) < 4.78 is 6.03. The maximum atomic E-state index is 6.03. The van der Waals surface area contributed by atoms with Crippen molar-refractivity contribution in [2.24, 2.45) is 0 Å². The van der Waals surface area contributed by atoms with Gasteiger partial charge in [-0.05, 0) is 48.7 Å². The molecule has 0 aromatic heterocycles. The van der Waals surface area contributed by atoms with E-state index < -0.39 is 0 Å². The monoisotopic (exact) mass is 350 g/mol. The number of hydrogen-bond donors (Lipinski definition) is 0. The second-order valence-electron chi connectivity index (χ2n) is 7.76. The van der Waals surface area contributed by atoms with E-state index in [0.29, 0.717) is 6.10 Å². The summed E-state index contributed by atoms with van der Waals surface area (Å²) in [6.45, 7) is 5.24. The van der Waals surface area contributed by atoms with Gasteiger partial charge in [-0.1, -0.05) is 49.2 Å². The minimum absolute atomic E-state index is 0.481. The molecule has 1 saturated carbocycles. The van der Waals surface area contributed by atoms with Gasteiger partial charge in [0.15, 0.2) is 0 Å². The van der Waals surface area contributed by atoms with Crippen LogP contribution < -0.4 is 4.90 Å². The van der Waals surface area contributed by atoms with Gasteiger partial charge >= 0.3 is 0 Å². The first-order chi connectivity index (χ1) is 12.8. The number of rotatable bonds is 5. The van der Waals surface area contributed by atoms with Gasteiger partial charge in [0.2, 0.25) is 0 Å². The molecule has 1 aliphatic carbocycles. The molecule has 3 nitrogen and oxygen atoms in total. The van der Waals surface area contributed by atoms with Crippen molar-refractivity contribution in [3.05, 3.63) is 54.1 Å². The average molecular weight is 351 g/mol. The van der Waals surface area contributed by atoms with Gasteiger partial charge in [0.1, 0.15) is 0 Å². The molecule has 4 rings (SSSR count). The first kappa shape index (κ1) is 17.6. The van der Waals surface area contributed by atoms with Crippen LogP contribution in [0, 0.1) is 0 Å². The van der Waals surface area contributed by atoms with E-state index in [1.807, 2.05) is 0 Å². The van der Waals surface area contributed by atoms with Gasteiger partial charge < -0.3 is 14.5 Å². The van der Waals surface area contributed by atoms with Crippen LogP contribution in [0.25, 0.3) is 11.1 Å². The molecule has 2 aromatic carbocycles. The third kappa shape index (κ3) is 4.28. The van der Waals surface area contributed by atoms with Crippen molar-refractivity contribution < 1.29 is 4.74 Å². The second kappa shape index (κ2) is 8.24. The van der Waals surface area contributed by atoms with E-state index in [9.17, 15) is 0 Å². The number of likely N-dealkylation sites (N-methyl/N-ethyl adjacent to an activating group) is 1. The van der Waals surface area contributed by atoms with E-state index in [1.165, 1.54) is 48.1 Å². The summed E-state index contributed by atoms with van der Waals surface area (Å²) in [7, 11) is 2.20. The summed E-state index contributed by atoms with van der Waals surface area (Å²) in [6, 6.07) is 17.9. The lowest BCUT2D eigenvalue weighted by Crippen LogP contribution is -2.44. The fourth-order valence-corrected chi connectivity index (χ4v) is 4.01. The molecular formula is C23H30N2O. The predicted molar refractivity (Wildman–Crippen MR) is 109 cm³/mol. The summed E-state index contributed by atoms with van der Waals surface area (Å²) in [6.07, 6.45) is 5.60. The minimum atomic E-state index is 0.481. The normalized spacial score (nSPS) is 19.2. The van der Waals surface area contributed by atoms with Crippen molar-refractivity contribution in [3.63, 3.8) is 0 Å². The Labute approximate surface area is 157 Å². The maximum absolute atomic E-state index is 6.03. The molecule has 0 radical (unpaired) electrons. The van der Waals surface area contributed by atoms with Gasteiger partial charge in [0.05, 0.1) is 12.7 Å². The molecule has 0 atom stereocenters. The largest absolute Gasteiger partial charge is 0.374 e. The Morgan fingerprint density at radius 2 is 1.62 bits per heavy atom. The average Bonchev–Trinajstić information content (AvgIpc) is 3.21. The zero-order chi connectivity index (χ0) is 17.8. The minimum Gasteiger partial charge on any atom is -0.374 e. The molecule has 0 amide bonds. The summed E-state index contributed by atoms with van der Waals surface area (Å²) >= 11 is 0. The third-order valence-electron chi connectivity index (χ3n) is 5.79. The second-order valence-corrected chi connectivity index (χ2v) is 7.76. The molecule has 0 unspecified atom stereocenters. The standard InChI is InChI=1S/C23H30N2O/c1-24-13-15-25(16-14-24)22-6-4-5-21(17-22)20-11-9-19(10-12-20)18-26-23-7-2-3-8-23/h4-6,9-12,17,23H,2-3,7-8,13-16,18H2,1H3. The number of hydrogen-bond acceptors (Lipinski definition) is 3. The first-order valence-corrected chi connectivity index (χ1v) is 10.0. The molecule has 2 aliphatic rings. The van der Waals surface area contributed by atoms with E-state index in [1.54, 1.807) is 0 Å². The molecule has 0 bridgehead atoms. The van der Waals surface area contributed by atoms with Gasteiger partial charge in [-0.3, -0.25) is 0 Å². The van der Waals surface area contributed by atoms with Crippen molar-refractivity contribution in [1.29, 1.82) is 0 Å². The maximum Gasteiger partial charge on any atom is 0.0720 e. The summed E-state index contributed by atoms with van der Waals surface area (Å²) in [5, 5.41) is 0. The topological polar surface area (TPSA) is 15.7 Å². The molecule has 3 heteroatoms. The molecule has 1 saturated heterocycles. The highest BCUT2D eigenvalue weighted by Gasteiger charge is 2.16. The number of nitrogens with zero attached hydrogens (tertiary/aromatic N) is 2. The van der Waals surface area contributed by atoms with Crippen molar-refractivity contribution >= 4 is 5.69 Å². The van der Waals surface area contributed by atoms with Crippen LogP contribution in [0.5, 0.6) is 0 Å². The van der Waals surface area contributed by atoms with Crippen LogP contribution in [0.4, 0.5) is 5.69 Å². The zero-order valence-corrected chi connectivity index (χ0v) is 15.9. The van der Waals surface area contributed by atoms with Crippen LogP contribution in [-0.4, -0.2) is 44.2 Å². The van der Waals surface area contributed by atoms with Gasteiger partial charge in [-0.2, -0.15) is 0 Å². The Morgan fingerprint density at radius 1 is 0.885 bits per heavy atom. The third-order valence-corrected chi connectivity index (χ3v) is 5.79. The Hall–Kier alpha value is -1.84. The van der Waals surface area contributed by atoms with Crippen molar-refractivity contribution in [1.82, 2.24) is 4.90 Å². The Morgan fingerprint density at radius 3 is 2.35 bits per heavy atom. The Kier molecular flexibility index (Phi) is 5.57. The fourth-order valence-electron chi connectivity index (χ4n) is 4.01. The van der Waals surface area contributed by atoms with E-state index in [4.69, 9.17) is 4.74 Å². The highest BCUT2D eigenvalue weighted by molar-refractivity contribution is 5.68. The van der Waals surface area contributed by atoms with Gasteiger partial charge in [0.25, 0.3) is 0 Å². The molecule has 1 aliphatic heterocycles. The predicted octanol–water partition coefficient (Wildman–Crippen LogP) is 4.56. The molecule has 2 fully saturated rings. The molecule has 26 heavy (non-hydrogen) atoms. The Bertz CT molecular complexity index is 698. The van der Waals surface area contributed by atoms with Crippen LogP contribution in [-0.2, 0) is 11.3 Å². The number of ether oxygens (including phenoxy) is 1. The highest BCUT2D eigenvalue weighted by Crippen LogP contribution is 2.27.